The minimum atomic E-state index is -4.84. The second-order valence-electron chi connectivity index (χ2n) is 7.46. The fraction of sp³-hybridized carbons (Fsp3) is 0.333. The Hall–Kier alpha value is -3.16. The summed E-state index contributed by atoms with van der Waals surface area (Å²) in [4.78, 5) is 25.6. The molecule has 0 N–H and O–H groups in total. The van der Waals surface area contributed by atoms with Crippen molar-refractivity contribution in [2.45, 2.75) is 37.8 Å². The van der Waals surface area contributed by atoms with E-state index < -0.39 is 34.6 Å². The summed E-state index contributed by atoms with van der Waals surface area (Å²) in [5.41, 5.74) is 0.0159. The number of benzene rings is 2. The number of terminal acetylenes is 1. The van der Waals surface area contributed by atoms with Crippen LogP contribution in [0.5, 0.6) is 0 Å². The maximum absolute atomic E-state index is 13.2. The lowest BCUT2D eigenvalue weighted by atomic mass is 10.1. The highest BCUT2D eigenvalue weighted by Crippen LogP contribution is 2.22. The van der Waals surface area contributed by atoms with Gasteiger partial charge in [-0.2, -0.15) is 17.5 Å². The zero-order valence-electron chi connectivity index (χ0n) is 18.8. The first kappa shape index (κ1) is 27.1. The highest BCUT2D eigenvalue weighted by Gasteiger charge is 2.37. The molecule has 2 aromatic carbocycles. The van der Waals surface area contributed by atoms with Gasteiger partial charge in [0, 0.05) is 29.8 Å². The summed E-state index contributed by atoms with van der Waals surface area (Å²) in [7, 11) is -3.84. The van der Waals surface area contributed by atoms with Crippen molar-refractivity contribution in [3.63, 3.8) is 0 Å². The molecule has 0 atom stereocenters. The summed E-state index contributed by atoms with van der Waals surface area (Å²) in [6.07, 6.45) is 1.61. The van der Waals surface area contributed by atoms with Crippen LogP contribution in [0.3, 0.4) is 0 Å². The van der Waals surface area contributed by atoms with Gasteiger partial charge in [0.1, 0.15) is 6.54 Å². The largest absolute Gasteiger partial charge is 0.406 e. The molecule has 0 saturated carbocycles. The molecule has 0 radical (unpaired) electrons. The van der Waals surface area contributed by atoms with Crippen LogP contribution in [-0.2, 0) is 10.0 Å². The molecule has 0 saturated heterocycles. The van der Waals surface area contributed by atoms with Crippen molar-refractivity contribution in [2.75, 3.05) is 19.6 Å². The molecule has 0 fully saturated rings. The Morgan fingerprint density at radius 3 is 1.71 bits per heavy atom. The van der Waals surface area contributed by atoms with Gasteiger partial charge in [-0.05, 0) is 61.4 Å². The molecule has 0 spiro atoms. The monoisotopic (exact) mass is 494 g/mol. The molecule has 0 heterocycles. The molecule has 2 amide bonds. The zero-order chi connectivity index (χ0) is 25.5. The Bertz CT molecular complexity index is 1150. The molecule has 0 aliphatic heterocycles. The van der Waals surface area contributed by atoms with Crippen molar-refractivity contribution in [3.05, 3.63) is 65.2 Å². The van der Waals surface area contributed by atoms with E-state index in [4.69, 9.17) is 6.42 Å². The predicted molar refractivity (Wildman–Crippen MR) is 122 cm³/mol. The van der Waals surface area contributed by atoms with Crippen molar-refractivity contribution in [1.82, 2.24) is 9.21 Å². The maximum atomic E-state index is 13.2. The van der Waals surface area contributed by atoms with Gasteiger partial charge < -0.3 is 0 Å². The third-order valence-electron chi connectivity index (χ3n) is 4.81. The number of alkyl halides is 3. The lowest BCUT2D eigenvalue weighted by Gasteiger charge is -2.23. The summed E-state index contributed by atoms with van der Waals surface area (Å²) in [6.45, 7) is 2.49. The molecule has 2 rings (SSSR count). The van der Waals surface area contributed by atoms with Gasteiger partial charge in [-0.15, -0.1) is 6.42 Å². The van der Waals surface area contributed by atoms with E-state index in [2.05, 4.69) is 5.92 Å². The minimum absolute atomic E-state index is 0.0782. The van der Waals surface area contributed by atoms with Gasteiger partial charge in [0.25, 0.3) is 11.8 Å². The average molecular weight is 495 g/mol. The van der Waals surface area contributed by atoms with Crippen molar-refractivity contribution in [1.29, 1.82) is 0 Å². The Morgan fingerprint density at radius 1 is 0.882 bits per heavy atom. The molecule has 2 aromatic rings. The number of carbonyl (C=O) groups excluding carboxylic acids is 2. The van der Waals surface area contributed by atoms with Crippen LogP contribution in [0.2, 0.25) is 0 Å². The molecule has 0 bridgehead atoms. The number of amides is 2. The summed E-state index contributed by atoms with van der Waals surface area (Å²) in [5, 5.41) is 0. The lowest BCUT2D eigenvalue weighted by molar-refractivity contribution is -0.136. The number of hydrogen-bond donors (Lipinski definition) is 0. The number of carbonyl (C=O) groups is 2. The van der Waals surface area contributed by atoms with Gasteiger partial charge in [-0.25, -0.2) is 8.42 Å². The molecule has 182 valence electrons. The Kier molecular flexibility index (Phi) is 9.01. The molecule has 0 aliphatic rings. The first-order valence-corrected chi connectivity index (χ1v) is 12.0. The van der Waals surface area contributed by atoms with Crippen molar-refractivity contribution < 1.29 is 31.2 Å². The molecule has 0 unspecified atom stereocenters. The summed E-state index contributed by atoms with van der Waals surface area (Å²) >= 11 is 0. The van der Waals surface area contributed by atoms with Gasteiger partial charge >= 0.3 is 6.18 Å². The molecule has 6 nitrogen and oxygen atoms in total. The maximum Gasteiger partial charge on any atom is 0.406 e. The van der Waals surface area contributed by atoms with Gasteiger partial charge in [-0.3, -0.25) is 14.5 Å². The molecule has 10 heteroatoms. The van der Waals surface area contributed by atoms with E-state index in [-0.39, 0.29) is 20.9 Å². The number of sulfonamides is 1. The lowest BCUT2D eigenvalue weighted by Crippen LogP contribution is -2.43. The number of rotatable bonds is 9. The second-order valence-corrected chi connectivity index (χ2v) is 9.40. The van der Waals surface area contributed by atoms with Crippen LogP contribution in [0.4, 0.5) is 13.2 Å². The van der Waals surface area contributed by atoms with Crippen molar-refractivity contribution in [3.8, 4) is 12.3 Å². The summed E-state index contributed by atoms with van der Waals surface area (Å²) in [5.74, 6) is -0.0298. The summed E-state index contributed by atoms with van der Waals surface area (Å²) < 4.78 is 66.6. The van der Waals surface area contributed by atoms with E-state index in [0.717, 1.165) is 24.3 Å². The van der Waals surface area contributed by atoms with Crippen LogP contribution >= 0.6 is 0 Å². The second kappa shape index (κ2) is 11.3. The minimum Gasteiger partial charge on any atom is -0.269 e. The first-order chi connectivity index (χ1) is 15.9. The topological polar surface area (TPSA) is 74.8 Å². The van der Waals surface area contributed by atoms with Crippen LogP contribution < -0.4 is 0 Å². The number of halogens is 3. The van der Waals surface area contributed by atoms with E-state index in [1.165, 1.54) is 28.6 Å². The van der Waals surface area contributed by atoms with Gasteiger partial charge in [0.15, 0.2) is 0 Å². The number of hydrogen-bond acceptors (Lipinski definition) is 4. The Balaban J connectivity index is 2.38. The molecule has 0 aliphatic carbocycles. The molecule has 0 aromatic heterocycles. The zero-order valence-corrected chi connectivity index (χ0v) is 19.6. The van der Waals surface area contributed by atoms with Crippen molar-refractivity contribution in [2.24, 2.45) is 0 Å². The Morgan fingerprint density at radius 2 is 1.32 bits per heavy atom. The van der Waals surface area contributed by atoms with E-state index in [9.17, 15) is 31.2 Å². The first-order valence-electron chi connectivity index (χ1n) is 10.5. The van der Waals surface area contributed by atoms with Gasteiger partial charge in [0.2, 0.25) is 10.0 Å². The van der Waals surface area contributed by atoms with Crippen LogP contribution in [0.1, 0.15) is 53.0 Å². The smallest absolute Gasteiger partial charge is 0.269 e. The van der Waals surface area contributed by atoms with Crippen LogP contribution in [-0.4, -0.2) is 55.2 Å². The highest BCUT2D eigenvalue weighted by atomic mass is 32.2. The number of imide groups is 1. The average Bonchev–Trinajstić information content (AvgIpc) is 2.81. The van der Waals surface area contributed by atoms with Gasteiger partial charge in [0.05, 0.1) is 4.90 Å². The summed E-state index contributed by atoms with van der Waals surface area (Å²) in [6, 6.07) is 9.73. The fourth-order valence-corrected chi connectivity index (χ4v) is 4.83. The van der Waals surface area contributed by atoms with Crippen LogP contribution in [0, 0.1) is 12.3 Å². The van der Waals surface area contributed by atoms with Crippen LogP contribution in [0.25, 0.3) is 0 Å². The standard InChI is InChI=1S/C24H25F3N2O4S/c1-4-15-28(16-5-2)34(32,33)21-13-11-20(12-14-21)23(31)29(17-24(25,26)27)22(30)19-9-7-18(6-3)8-10-19/h3,7-14H,4-5,15-17H2,1-2H3. The number of nitrogens with zero attached hydrogens (tertiary/aromatic N) is 2. The third-order valence-corrected chi connectivity index (χ3v) is 6.72. The van der Waals surface area contributed by atoms with Crippen molar-refractivity contribution >= 4 is 21.8 Å². The van der Waals surface area contributed by atoms with Gasteiger partial charge in [-0.1, -0.05) is 19.8 Å². The Labute approximate surface area is 197 Å². The normalized spacial score (nSPS) is 11.8. The van der Waals surface area contributed by atoms with E-state index >= 15 is 0 Å². The van der Waals surface area contributed by atoms with Crippen LogP contribution in [0.15, 0.2) is 53.4 Å². The fourth-order valence-electron chi connectivity index (χ4n) is 3.21. The molecular formula is C24H25F3N2O4S. The third kappa shape index (κ3) is 6.68. The molecule has 34 heavy (non-hydrogen) atoms. The van der Waals surface area contributed by atoms with E-state index in [1.807, 2.05) is 13.8 Å². The quantitative estimate of drug-likeness (QED) is 0.384. The SMILES string of the molecule is C#Cc1ccc(C(=O)N(CC(F)(F)F)C(=O)c2ccc(S(=O)(=O)N(CCC)CCC)cc2)cc1. The predicted octanol–water partition coefficient (Wildman–Crippen LogP) is 4.32. The molecular weight excluding hydrogens is 469 g/mol. The highest BCUT2D eigenvalue weighted by molar-refractivity contribution is 7.89. The van der Waals surface area contributed by atoms with E-state index in [0.29, 0.717) is 31.5 Å². The van der Waals surface area contributed by atoms with E-state index in [1.54, 1.807) is 0 Å².